The summed E-state index contributed by atoms with van der Waals surface area (Å²) in [6.45, 7) is 1.11. The van der Waals surface area contributed by atoms with E-state index in [1.54, 1.807) is 6.92 Å². The predicted molar refractivity (Wildman–Crippen MR) is 74.7 cm³/mol. The Morgan fingerprint density at radius 2 is 1.46 bits per heavy atom. The number of unbranched alkanes of at least 4 members (excludes halogenated alkanes) is 2. The molecular weight excluding hydrogens is 376 g/mol. The van der Waals surface area contributed by atoms with Crippen LogP contribution in [0.25, 0.3) is 0 Å². The van der Waals surface area contributed by atoms with Crippen LogP contribution in [0, 0.1) is 0 Å². The SMILES string of the molecule is CCCCOC(=O)C(CCCCOC(=O)C(F)(F)F)NC(=O)C(F)(F)F. The highest BCUT2D eigenvalue weighted by atomic mass is 19.4. The Kier molecular flexibility index (Phi) is 10.0. The van der Waals surface area contributed by atoms with Crippen LogP contribution in [0.5, 0.6) is 0 Å². The monoisotopic (exact) mass is 395 g/mol. The van der Waals surface area contributed by atoms with Gasteiger partial charge in [0.25, 0.3) is 0 Å². The molecule has 1 N–H and O–H groups in total. The summed E-state index contributed by atoms with van der Waals surface area (Å²) in [5, 5.41) is 1.48. The molecule has 0 saturated carbocycles. The fourth-order valence-corrected chi connectivity index (χ4v) is 1.60. The number of amides is 1. The largest absolute Gasteiger partial charge is 0.490 e. The standard InChI is InChI=1S/C14H19F6NO5/c1-2-3-7-25-10(22)9(21-11(23)13(15,16)17)6-4-5-8-26-12(24)14(18,19)20/h9H,2-8H2,1H3,(H,21,23). The molecule has 12 heteroatoms. The Morgan fingerprint density at radius 1 is 0.885 bits per heavy atom. The molecule has 0 aromatic heterocycles. The summed E-state index contributed by atoms with van der Waals surface area (Å²) in [5.41, 5.74) is 0. The number of alkyl halides is 6. The van der Waals surface area contributed by atoms with Gasteiger partial charge in [-0.1, -0.05) is 13.3 Å². The maximum Gasteiger partial charge on any atom is 0.490 e. The topological polar surface area (TPSA) is 81.7 Å². The summed E-state index contributed by atoms with van der Waals surface area (Å²) in [5.74, 6) is -5.81. The van der Waals surface area contributed by atoms with Crippen molar-refractivity contribution in [1.29, 1.82) is 0 Å². The number of esters is 2. The fraction of sp³-hybridized carbons (Fsp3) is 0.786. The van der Waals surface area contributed by atoms with Crippen molar-refractivity contribution < 1.29 is 50.2 Å². The van der Waals surface area contributed by atoms with E-state index < -0.39 is 42.8 Å². The first kappa shape index (κ1) is 24.0. The van der Waals surface area contributed by atoms with Crippen molar-refractivity contribution in [2.75, 3.05) is 13.2 Å². The maximum absolute atomic E-state index is 12.3. The molecule has 0 bridgehead atoms. The van der Waals surface area contributed by atoms with Gasteiger partial charge in [-0.05, 0) is 25.7 Å². The lowest BCUT2D eigenvalue weighted by molar-refractivity contribution is -0.199. The van der Waals surface area contributed by atoms with Crippen LogP contribution >= 0.6 is 0 Å². The number of carbonyl (C=O) groups excluding carboxylic acids is 3. The highest BCUT2D eigenvalue weighted by Crippen LogP contribution is 2.17. The van der Waals surface area contributed by atoms with Gasteiger partial charge in [0.05, 0.1) is 13.2 Å². The van der Waals surface area contributed by atoms with Crippen LogP contribution in [0.2, 0.25) is 0 Å². The minimum absolute atomic E-state index is 0.0447. The fourth-order valence-electron chi connectivity index (χ4n) is 1.60. The van der Waals surface area contributed by atoms with Gasteiger partial charge in [0.2, 0.25) is 0 Å². The van der Waals surface area contributed by atoms with Crippen LogP contribution in [0.3, 0.4) is 0 Å². The summed E-state index contributed by atoms with van der Waals surface area (Å²) >= 11 is 0. The molecular formula is C14H19F6NO5. The molecule has 0 heterocycles. The number of carbonyl (C=O) groups is 3. The minimum Gasteiger partial charge on any atom is -0.464 e. The second-order valence-electron chi connectivity index (χ2n) is 5.17. The molecule has 0 saturated heterocycles. The van der Waals surface area contributed by atoms with Crippen molar-refractivity contribution in [2.24, 2.45) is 0 Å². The van der Waals surface area contributed by atoms with E-state index in [4.69, 9.17) is 4.74 Å². The molecule has 152 valence electrons. The highest BCUT2D eigenvalue weighted by molar-refractivity contribution is 5.87. The molecule has 1 amide bonds. The van der Waals surface area contributed by atoms with Gasteiger partial charge in [-0.2, -0.15) is 26.3 Å². The molecule has 0 aromatic rings. The van der Waals surface area contributed by atoms with Gasteiger partial charge in [-0.25, -0.2) is 9.59 Å². The van der Waals surface area contributed by atoms with Crippen molar-refractivity contribution in [1.82, 2.24) is 5.32 Å². The summed E-state index contributed by atoms with van der Waals surface area (Å²) in [4.78, 5) is 33.2. The molecule has 0 aliphatic carbocycles. The van der Waals surface area contributed by atoms with Gasteiger partial charge in [0.1, 0.15) is 6.04 Å². The Morgan fingerprint density at radius 3 is 1.96 bits per heavy atom. The Balaban J connectivity index is 4.50. The molecule has 0 radical (unpaired) electrons. The zero-order valence-electron chi connectivity index (χ0n) is 13.8. The number of ether oxygens (including phenoxy) is 2. The van der Waals surface area contributed by atoms with Gasteiger partial charge in [-0.15, -0.1) is 0 Å². The molecule has 0 spiro atoms. The predicted octanol–water partition coefficient (Wildman–Crippen LogP) is 2.65. The Labute approximate surface area is 145 Å². The first-order valence-corrected chi connectivity index (χ1v) is 7.67. The zero-order chi connectivity index (χ0) is 20.4. The third-order valence-corrected chi connectivity index (χ3v) is 2.94. The molecule has 0 aliphatic rings. The molecule has 26 heavy (non-hydrogen) atoms. The van der Waals surface area contributed by atoms with Crippen LogP contribution in [-0.2, 0) is 23.9 Å². The van der Waals surface area contributed by atoms with Crippen molar-refractivity contribution in [3.05, 3.63) is 0 Å². The maximum atomic E-state index is 12.3. The van der Waals surface area contributed by atoms with Gasteiger partial charge in [0, 0.05) is 0 Å². The Hall–Kier alpha value is -2.01. The molecule has 0 fully saturated rings. The number of hydrogen-bond acceptors (Lipinski definition) is 5. The molecule has 1 atom stereocenters. The van der Waals surface area contributed by atoms with E-state index in [-0.39, 0.29) is 25.9 Å². The van der Waals surface area contributed by atoms with E-state index in [2.05, 4.69) is 4.74 Å². The van der Waals surface area contributed by atoms with E-state index in [1.165, 1.54) is 5.32 Å². The van der Waals surface area contributed by atoms with Gasteiger partial charge < -0.3 is 14.8 Å². The molecule has 0 aromatic carbocycles. The van der Waals surface area contributed by atoms with E-state index in [9.17, 15) is 40.7 Å². The lowest BCUT2D eigenvalue weighted by Gasteiger charge is -2.18. The second-order valence-corrected chi connectivity index (χ2v) is 5.17. The van der Waals surface area contributed by atoms with Crippen LogP contribution in [-0.4, -0.2) is 49.5 Å². The lowest BCUT2D eigenvalue weighted by atomic mass is 10.1. The van der Waals surface area contributed by atoms with Gasteiger partial charge >= 0.3 is 30.2 Å². The number of hydrogen-bond donors (Lipinski definition) is 1. The molecule has 0 rings (SSSR count). The molecule has 6 nitrogen and oxygen atoms in total. The first-order valence-electron chi connectivity index (χ1n) is 7.67. The third kappa shape index (κ3) is 10.1. The minimum atomic E-state index is -5.20. The van der Waals surface area contributed by atoms with Crippen LogP contribution in [0.1, 0.15) is 39.0 Å². The zero-order valence-corrected chi connectivity index (χ0v) is 13.8. The van der Waals surface area contributed by atoms with Crippen LogP contribution in [0.4, 0.5) is 26.3 Å². The van der Waals surface area contributed by atoms with E-state index in [0.717, 1.165) is 0 Å². The van der Waals surface area contributed by atoms with Crippen LogP contribution in [0.15, 0.2) is 0 Å². The summed E-state index contributed by atoms with van der Waals surface area (Å²) in [6.07, 6.45) is -9.78. The normalized spacial score (nSPS) is 13.0. The van der Waals surface area contributed by atoms with Gasteiger partial charge in [0.15, 0.2) is 0 Å². The highest BCUT2D eigenvalue weighted by Gasteiger charge is 2.41. The van der Waals surface area contributed by atoms with E-state index >= 15 is 0 Å². The van der Waals surface area contributed by atoms with Gasteiger partial charge in [-0.3, -0.25) is 4.79 Å². The van der Waals surface area contributed by atoms with Crippen LogP contribution < -0.4 is 5.32 Å². The average Bonchev–Trinajstić information content (AvgIpc) is 2.51. The summed E-state index contributed by atoms with van der Waals surface area (Å²) in [7, 11) is 0. The molecule has 0 aliphatic heterocycles. The van der Waals surface area contributed by atoms with Crippen molar-refractivity contribution >= 4 is 17.8 Å². The Bertz CT molecular complexity index is 477. The summed E-state index contributed by atoms with van der Waals surface area (Å²) < 4.78 is 81.3. The van der Waals surface area contributed by atoms with E-state index in [1.807, 2.05) is 0 Å². The van der Waals surface area contributed by atoms with Crippen molar-refractivity contribution in [3.8, 4) is 0 Å². The number of rotatable bonds is 10. The van der Waals surface area contributed by atoms with Crippen molar-refractivity contribution in [2.45, 2.75) is 57.4 Å². The summed E-state index contributed by atoms with van der Waals surface area (Å²) in [6, 6.07) is -1.61. The first-order chi connectivity index (χ1) is 11.9. The number of nitrogens with one attached hydrogen (secondary N) is 1. The van der Waals surface area contributed by atoms with E-state index in [0.29, 0.717) is 12.8 Å². The number of halogens is 6. The second kappa shape index (κ2) is 10.9. The smallest absolute Gasteiger partial charge is 0.464 e. The van der Waals surface area contributed by atoms with Crippen molar-refractivity contribution in [3.63, 3.8) is 0 Å². The quantitative estimate of drug-likeness (QED) is 0.349. The average molecular weight is 395 g/mol. The third-order valence-electron chi connectivity index (χ3n) is 2.94. The lowest BCUT2D eigenvalue weighted by Crippen LogP contribution is -2.47. The molecule has 1 unspecified atom stereocenters.